The molecule has 0 heterocycles. The number of hydrogen-bond acceptors (Lipinski definition) is 1. The van der Waals surface area contributed by atoms with Crippen molar-refractivity contribution in [2.75, 3.05) is 12.3 Å². The van der Waals surface area contributed by atoms with E-state index in [-0.39, 0.29) is 12.9 Å². The van der Waals surface area contributed by atoms with E-state index in [0.717, 1.165) is 0 Å². The van der Waals surface area contributed by atoms with Crippen molar-refractivity contribution in [2.45, 2.75) is 58.1 Å². The molecule has 1 unspecified atom stereocenters. The Morgan fingerprint density at radius 1 is 0.905 bits per heavy atom. The van der Waals surface area contributed by atoms with Gasteiger partial charge in [0, 0.05) is 0 Å². The molecule has 120 valence electrons. The smallest absolute Gasteiger partial charge is 0.185 e. The van der Waals surface area contributed by atoms with E-state index < -0.39 is 16.4 Å². The first-order valence-electron chi connectivity index (χ1n) is 8.09. The van der Waals surface area contributed by atoms with Crippen molar-refractivity contribution in [2.24, 2.45) is 0 Å². The summed E-state index contributed by atoms with van der Waals surface area (Å²) in [6.45, 7) is 19.2. The molecule has 0 bridgehead atoms. The van der Waals surface area contributed by atoms with Crippen LogP contribution in [0, 0.1) is 0 Å². The van der Waals surface area contributed by atoms with Gasteiger partial charge in [0.15, 0.2) is 8.32 Å². The predicted molar refractivity (Wildman–Crippen MR) is 104 cm³/mol. The Morgan fingerprint density at radius 3 is 1.71 bits per heavy atom. The third-order valence-electron chi connectivity index (χ3n) is 3.84. The summed E-state index contributed by atoms with van der Waals surface area (Å²) in [6.07, 6.45) is 2.49. The average Bonchev–Trinajstić information content (AvgIpc) is 2.37. The van der Waals surface area contributed by atoms with Gasteiger partial charge in [0.1, 0.15) is 0 Å². The molecular weight excluding hydrogens is 307 g/mol. The summed E-state index contributed by atoms with van der Waals surface area (Å²) in [5.41, 5.74) is 1.43. The molecule has 21 heavy (non-hydrogen) atoms. The second kappa shape index (κ2) is 7.08. The Kier molecular flexibility index (Phi) is 6.44. The Hall–Kier alpha value is 0.0438. The molecule has 0 aromatic heterocycles. The molecule has 1 aromatic rings. The molecule has 0 saturated carbocycles. The fourth-order valence-electron chi connectivity index (χ4n) is 3.14. The van der Waals surface area contributed by atoms with Crippen LogP contribution in [0.15, 0.2) is 30.3 Å². The van der Waals surface area contributed by atoms with Gasteiger partial charge in [-0.05, 0) is 37.5 Å². The van der Waals surface area contributed by atoms with Crippen LogP contribution in [-0.4, -0.2) is 28.7 Å². The first-order valence-corrected chi connectivity index (χ1v) is 16.7. The van der Waals surface area contributed by atoms with Gasteiger partial charge < -0.3 is 4.43 Å². The lowest BCUT2D eigenvalue weighted by atomic mass is 10.2. The second-order valence-electron chi connectivity index (χ2n) is 7.65. The highest BCUT2D eigenvalue weighted by Crippen LogP contribution is 2.61. The number of benzene rings is 1. The minimum Gasteiger partial charge on any atom is -0.407 e. The van der Waals surface area contributed by atoms with Crippen LogP contribution in [0.1, 0.15) is 19.4 Å². The molecule has 0 fully saturated rings. The second-order valence-corrected chi connectivity index (χ2v) is 20.7. The van der Waals surface area contributed by atoms with Crippen molar-refractivity contribution in [3.63, 3.8) is 0 Å². The fraction of sp³-hybridized carbons (Fsp3) is 0.647. The summed E-state index contributed by atoms with van der Waals surface area (Å²) in [5.74, 6) is 0. The molecular formula is C17H33OPSi2. The van der Waals surface area contributed by atoms with Crippen LogP contribution in [0.5, 0.6) is 0 Å². The molecule has 0 aliphatic heterocycles. The third-order valence-corrected chi connectivity index (χ3v) is 13.3. The summed E-state index contributed by atoms with van der Waals surface area (Å²) < 4.78 is 7.05. The van der Waals surface area contributed by atoms with Crippen LogP contribution in [0.4, 0.5) is 0 Å². The first kappa shape index (κ1) is 19.1. The van der Waals surface area contributed by atoms with Crippen molar-refractivity contribution in [3.8, 4) is 0 Å². The summed E-state index contributed by atoms with van der Waals surface area (Å²) in [7, 11) is -3.34. The van der Waals surface area contributed by atoms with Crippen molar-refractivity contribution in [3.05, 3.63) is 35.9 Å². The summed E-state index contributed by atoms with van der Waals surface area (Å²) in [4.78, 5) is -0.00242. The van der Waals surface area contributed by atoms with Crippen molar-refractivity contribution in [1.29, 1.82) is 0 Å². The van der Waals surface area contributed by atoms with Crippen LogP contribution in [0.3, 0.4) is 0 Å². The largest absolute Gasteiger partial charge is 0.407 e. The van der Waals surface area contributed by atoms with Crippen molar-refractivity contribution < 1.29 is 4.43 Å². The number of rotatable bonds is 7. The third kappa shape index (κ3) is 4.28. The molecule has 0 N–H and O–H groups in total. The van der Waals surface area contributed by atoms with E-state index in [1.807, 2.05) is 0 Å². The van der Waals surface area contributed by atoms with Crippen LogP contribution in [-0.2, 0) is 9.39 Å². The first-order chi connectivity index (χ1) is 9.58. The molecule has 0 spiro atoms. The lowest BCUT2D eigenvalue weighted by molar-refractivity contribution is 0.225. The monoisotopic (exact) mass is 340 g/mol. The predicted octanol–water partition coefficient (Wildman–Crippen LogP) is 6.09. The molecule has 1 nitrogen and oxygen atoms in total. The van der Waals surface area contributed by atoms with Gasteiger partial charge in [-0.3, -0.25) is 0 Å². The van der Waals surface area contributed by atoms with Gasteiger partial charge in [-0.25, -0.2) is 0 Å². The lowest BCUT2D eigenvalue weighted by Gasteiger charge is -2.52. The normalized spacial score (nSPS) is 16.0. The molecule has 0 aliphatic carbocycles. The fourth-order valence-corrected chi connectivity index (χ4v) is 15.3. The minimum atomic E-state index is -1.63. The molecule has 1 atom stereocenters. The van der Waals surface area contributed by atoms with E-state index in [0.29, 0.717) is 0 Å². The van der Waals surface area contributed by atoms with E-state index in [1.165, 1.54) is 17.9 Å². The van der Waals surface area contributed by atoms with Gasteiger partial charge >= 0.3 is 0 Å². The van der Waals surface area contributed by atoms with E-state index in [1.54, 1.807) is 0 Å². The van der Waals surface area contributed by atoms with Gasteiger partial charge in [-0.2, -0.15) is 0 Å². The Morgan fingerprint density at radius 2 is 1.38 bits per heavy atom. The van der Waals surface area contributed by atoms with Crippen molar-refractivity contribution >= 4 is 24.3 Å². The maximum atomic E-state index is 7.05. The Labute approximate surface area is 135 Å². The highest BCUT2D eigenvalue weighted by atomic mass is 31.1. The van der Waals surface area contributed by atoms with Crippen LogP contribution >= 0.6 is 7.92 Å². The van der Waals surface area contributed by atoms with E-state index in [2.05, 4.69) is 83.5 Å². The maximum absolute atomic E-state index is 7.05. The van der Waals surface area contributed by atoms with E-state index in [9.17, 15) is 0 Å². The van der Waals surface area contributed by atoms with Gasteiger partial charge in [-0.15, -0.1) is 0 Å². The average molecular weight is 341 g/mol. The van der Waals surface area contributed by atoms with Gasteiger partial charge in [0.05, 0.1) is 13.0 Å². The highest BCUT2D eigenvalue weighted by Gasteiger charge is 2.52. The van der Waals surface area contributed by atoms with Crippen LogP contribution in [0.25, 0.3) is 0 Å². The Balaban J connectivity index is 3.57. The summed E-state index contributed by atoms with van der Waals surface area (Å²) in [5, 5.41) is 0. The van der Waals surface area contributed by atoms with Crippen LogP contribution in [0.2, 0.25) is 39.3 Å². The number of hydrogen-bond donors (Lipinski definition) is 0. The zero-order valence-corrected chi connectivity index (χ0v) is 18.1. The standard InChI is InChI=1S/C17H33OPSi2/c1-9-19(10-2)17(20(3,4)5,18-21(6,7)8)16-14-12-11-13-15-16/h11-15H,9-10H2,1-8H3. The Bertz CT molecular complexity index is 432. The summed E-state index contributed by atoms with van der Waals surface area (Å²) in [6, 6.07) is 11.1. The molecule has 0 saturated heterocycles. The SMILES string of the molecule is CCP(CC)C(O[Si](C)(C)C)(c1ccccc1)[Si](C)(C)C. The molecule has 0 radical (unpaired) electrons. The quantitative estimate of drug-likeness (QED) is 0.431. The van der Waals surface area contributed by atoms with E-state index >= 15 is 0 Å². The van der Waals surface area contributed by atoms with Gasteiger partial charge in [-0.1, -0.05) is 71.7 Å². The van der Waals surface area contributed by atoms with Gasteiger partial charge in [0.2, 0.25) is 0 Å². The highest BCUT2D eigenvalue weighted by molar-refractivity contribution is 7.61. The zero-order chi connectivity index (χ0) is 16.3. The topological polar surface area (TPSA) is 9.23 Å². The molecule has 1 rings (SSSR count). The zero-order valence-electron chi connectivity index (χ0n) is 15.2. The molecule has 0 amide bonds. The lowest BCUT2D eigenvalue weighted by Crippen LogP contribution is -2.55. The van der Waals surface area contributed by atoms with Gasteiger partial charge in [0.25, 0.3) is 0 Å². The summed E-state index contributed by atoms with van der Waals surface area (Å²) >= 11 is 0. The molecule has 0 aliphatic rings. The molecule has 1 aromatic carbocycles. The molecule has 4 heteroatoms. The van der Waals surface area contributed by atoms with E-state index in [4.69, 9.17) is 4.43 Å². The minimum absolute atomic E-state index is 0.00242. The van der Waals surface area contributed by atoms with Crippen molar-refractivity contribution in [1.82, 2.24) is 0 Å². The van der Waals surface area contributed by atoms with Crippen LogP contribution < -0.4 is 0 Å². The maximum Gasteiger partial charge on any atom is 0.185 e.